The number of fused-ring (bicyclic) bond motifs is 1. The van der Waals surface area contributed by atoms with E-state index in [2.05, 4.69) is 10.6 Å². The van der Waals surface area contributed by atoms with Crippen LogP contribution in [0, 0.1) is 18.2 Å². The Hall–Kier alpha value is -3.93. The number of anilines is 2. The molecule has 180 valence electrons. The van der Waals surface area contributed by atoms with Gasteiger partial charge >= 0.3 is 0 Å². The lowest BCUT2D eigenvalue weighted by Gasteiger charge is -2.17. The summed E-state index contributed by atoms with van der Waals surface area (Å²) >= 11 is 0. The van der Waals surface area contributed by atoms with Crippen LogP contribution in [0.15, 0.2) is 72.8 Å². The highest BCUT2D eigenvalue weighted by Crippen LogP contribution is 2.27. The maximum Gasteiger partial charge on any atom is 0.272 e. The van der Waals surface area contributed by atoms with Gasteiger partial charge in [0.15, 0.2) is 0 Å². The second-order valence-corrected chi connectivity index (χ2v) is 10.1. The molecule has 0 unspecified atom stereocenters. The van der Waals surface area contributed by atoms with Crippen molar-refractivity contribution < 1.29 is 14.0 Å². The number of carbonyl (C=O) groups is 2. The first-order valence-corrected chi connectivity index (χ1v) is 11.6. The van der Waals surface area contributed by atoms with Crippen molar-refractivity contribution in [3.05, 3.63) is 95.4 Å². The minimum atomic E-state index is -0.328. The van der Waals surface area contributed by atoms with E-state index in [1.54, 1.807) is 28.8 Å². The Morgan fingerprint density at radius 1 is 0.886 bits per heavy atom. The van der Waals surface area contributed by atoms with Crippen LogP contribution in [0.4, 0.5) is 15.8 Å². The predicted octanol–water partition coefficient (Wildman–Crippen LogP) is 6.76. The molecule has 0 aliphatic heterocycles. The molecule has 0 bridgehead atoms. The Kier molecular flexibility index (Phi) is 6.74. The van der Waals surface area contributed by atoms with Gasteiger partial charge in [-0.25, -0.2) is 4.39 Å². The Morgan fingerprint density at radius 2 is 1.63 bits per heavy atom. The second-order valence-electron chi connectivity index (χ2n) is 10.1. The molecule has 0 aliphatic rings. The Labute approximate surface area is 205 Å². The molecule has 5 nitrogen and oxygen atoms in total. The summed E-state index contributed by atoms with van der Waals surface area (Å²) < 4.78 is 16.3. The summed E-state index contributed by atoms with van der Waals surface area (Å²) in [6.07, 6.45) is 0.392. The fraction of sp³-hybridized carbons (Fsp3) is 0.241. The van der Waals surface area contributed by atoms with E-state index >= 15 is 0 Å². The van der Waals surface area contributed by atoms with Gasteiger partial charge < -0.3 is 15.2 Å². The molecule has 6 heteroatoms. The highest BCUT2D eigenvalue weighted by molar-refractivity contribution is 6.07. The van der Waals surface area contributed by atoms with E-state index in [0.717, 1.165) is 16.5 Å². The molecule has 4 rings (SSSR count). The standard InChI is InChI=1S/C29H30FN3O2/c1-19-8-7-10-22(14-19)32-28(35)26-16-21-15-23(31-27(34)17-29(2,3)4)12-13-25(21)33(26)18-20-9-5-6-11-24(20)30/h5-16H,17-18H2,1-4H3,(H,31,34)(H,32,35). The fourth-order valence-corrected chi connectivity index (χ4v) is 4.11. The van der Waals surface area contributed by atoms with Crippen LogP contribution in [0.25, 0.3) is 10.9 Å². The third-order valence-electron chi connectivity index (χ3n) is 5.67. The molecule has 0 spiro atoms. The monoisotopic (exact) mass is 471 g/mol. The molecule has 4 aromatic rings. The van der Waals surface area contributed by atoms with E-state index in [9.17, 15) is 14.0 Å². The van der Waals surface area contributed by atoms with Gasteiger partial charge in [0, 0.05) is 34.3 Å². The Morgan fingerprint density at radius 3 is 2.34 bits per heavy atom. The van der Waals surface area contributed by atoms with Crippen LogP contribution in [0.1, 0.15) is 48.8 Å². The number of hydrogen-bond donors (Lipinski definition) is 2. The lowest BCUT2D eigenvalue weighted by Crippen LogP contribution is -2.19. The molecule has 0 atom stereocenters. The number of halogens is 1. The van der Waals surface area contributed by atoms with Crippen LogP contribution in [-0.2, 0) is 11.3 Å². The van der Waals surface area contributed by atoms with E-state index in [1.165, 1.54) is 6.07 Å². The number of nitrogens with one attached hydrogen (secondary N) is 2. The van der Waals surface area contributed by atoms with Crippen LogP contribution < -0.4 is 10.6 Å². The first kappa shape index (κ1) is 24.2. The summed E-state index contributed by atoms with van der Waals surface area (Å²) in [5.74, 6) is -0.688. The third-order valence-corrected chi connectivity index (χ3v) is 5.67. The smallest absolute Gasteiger partial charge is 0.272 e. The van der Waals surface area contributed by atoms with Gasteiger partial charge in [0.05, 0.1) is 6.54 Å². The van der Waals surface area contributed by atoms with Gasteiger partial charge in [-0.2, -0.15) is 0 Å². The average molecular weight is 472 g/mol. The maximum atomic E-state index is 14.5. The van der Waals surface area contributed by atoms with E-state index in [0.29, 0.717) is 29.1 Å². The molecule has 1 aromatic heterocycles. The summed E-state index contributed by atoms with van der Waals surface area (Å²) in [7, 11) is 0. The summed E-state index contributed by atoms with van der Waals surface area (Å²) in [5, 5.41) is 6.68. The zero-order chi connectivity index (χ0) is 25.2. The normalized spacial score (nSPS) is 11.5. The molecule has 0 saturated carbocycles. The van der Waals surface area contributed by atoms with Crippen molar-refractivity contribution >= 4 is 34.1 Å². The van der Waals surface area contributed by atoms with Crippen LogP contribution in [0.2, 0.25) is 0 Å². The second kappa shape index (κ2) is 9.74. The van der Waals surface area contributed by atoms with Gasteiger partial charge in [-0.15, -0.1) is 0 Å². The van der Waals surface area contributed by atoms with Crippen molar-refractivity contribution in [2.45, 2.75) is 40.7 Å². The number of carbonyl (C=O) groups excluding carboxylic acids is 2. The molecule has 0 radical (unpaired) electrons. The number of aromatic nitrogens is 1. The number of hydrogen-bond acceptors (Lipinski definition) is 2. The molecule has 0 saturated heterocycles. The lowest BCUT2D eigenvalue weighted by atomic mass is 9.92. The molecular weight excluding hydrogens is 441 g/mol. The van der Waals surface area contributed by atoms with E-state index < -0.39 is 0 Å². The minimum Gasteiger partial charge on any atom is -0.332 e. The Balaban J connectivity index is 1.71. The molecule has 3 aromatic carbocycles. The number of amides is 2. The van der Waals surface area contributed by atoms with Crippen LogP contribution in [-0.4, -0.2) is 16.4 Å². The van der Waals surface area contributed by atoms with Gasteiger partial charge in [-0.3, -0.25) is 9.59 Å². The summed E-state index contributed by atoms with van der Waals surface area (Å²) in [5.41, 5.74) is 3.91. The Bertz CT molecular complexity index is 1400. The first-order chi connectivity index (χ1) is 16.6. The summed E-state index contributed by atoms with van der Waals surface area (Å²) in [6, 6.07) is 21.4. The maximum absolute atomic E-state index is 14.5. The van der Waals surface area contributed by atoms with Gasteiger partial charge in [-0.1, -0.05) is 51.1 Å². The number of benzene rings is 3. The molecule has 35 heavy (non-hydrogen) atoms. The van der Waals surface area contributed by atoms with E-state index in [4.69, 9.17) is 0 Å². The highest BCUT2D eigenvalue weighted by atomic mass is 19.1. The van der Waals surface area contributed by atoms with Crippen molar-refractivity contribution in [2.24, 2.45) is 5.41 Å². The summed E-state index contributed by atoms with van der Waals surface area (Å²) in [4.78, 5) is 25.7. The highest BCUT2D eigenvalue weighted by Gasteiger charge is 2.19. The lowest BCUT2D eigenvalue weighted by molar-refractivity contribution is -0.117. The quantitative estimate of drug-likeness (QED) is 0.326. The molecule has 1 heterocycles. The van der Waals surface area contributed by atoms with Crippen LogP contribution in [0.5, 0.6) is 0 Å². The zero-order valence-electron chi connectivity index (χ0n) is 20.5. The van der Waals surface area contributed by atoms with Crippen molar-refractivity contribution in [2.75, 3.05) is 10.6 Å². The van der Waals surface area contributed by atoms with Gasteiger partial charge in [0.1, 0.15) is 11.5 Å². The minimum absolute atomic E-state index is 0.0694. The number of aryl methyl sites for hydroxylation is 1. The molecule has 0 aliphatic carbocycles. The molecule has 2 N–H and O–H groups in total. The van der Waals surface area contributed by atoms with E-state index in [1.807, 2.05) is 70.2 Å². The molecular formula is C29H30FN3O2. The number of nitrogens with zero attached hydrogens (tertiary/aromatic N) is 1. The largest absolute Gasteiger partial charge is 0.332 e. The number of rotatable bonds is 6. The topological polar surface area (TPSA) is 63.1 Å². The molecule has 2 amide bonds. The first-order valence-electron chi connectivity index (χ1n) is 11.6. The summed E-state index contributed by atoms with van der Waals surface area (Å²) in [6.45, 7) is 8.19. The zero-order valence-corrected chi connectivity index (χ0v) is 20.5. The fourth-order valence-electron chi connectivity index (χ4n) is 4.11. The SMILES string of the molecule is Cc1cccc(NC(=O)c2cc3cc(NC(=O)CC(C)(C)C)ccc3n2Cc2ccccc2F)c1. The predicted molar refractivity (Wildman–Crippen MR) is 139 cm³/mol. The van der Waals surface area contributed by atoms with Crippen molar-refractivity contribution in [3.63, 3.8) is 0 Å². The van der Waals surface area contributed by atoms with Crippen molar-refractivity contribution in [3.8, 4) is 0 Å². The molecule has 0 fully saturated rings. The van der Waals surface area contributed by atoms with Crippen LogP contribution >= 0.6 is 0 Å². The average Bonchev–Trinajstić information content (AvgIpc) is 3.12. The van der Waals surface area contributed by atoms with E-state index in [-0.39, 0.29) is 29.6 Å². The van der Waals surface area contributed by atoms with Gasteiger partial charge in [-0.05, 0) is 60.4 Å². The van der Waals surface area contributed by atoms with Crippen molar-refractivity contribution in [1.82, 2.24) is 4.57 Å². The van der Waals surface area contributed by atoms with Crippen LogP contribution in [0.3, 0.4) is 0 Å². The van der Waals surface area contributed by atoms with Crippen molar-refractivity contribution in [1.29, 1.82) is 0 Å². The third kappa shape index (κ3) is 5.96. The van der Waals surface area contributed by atoms with Gasteiger partial charge in [0.25, 0.3) is 5.91 Å². The van der Waals surface area contributed by atoms with Gasteiger partial charge in [0.2, 0.25) is 5.91 Å².